The molecule has 1 aliphatic heterocycles. The first-order chi connectivity index (χ1) is 9.83. The summed E-state index contributed by atoms with van der Waals surface area (Å²) in [5.74, 6) is 1.74. The third-order valence-electron chi connectivity index (χ3n) is 3.30. The Labute approximate surface area is 125 Å². The number of nitrogens with zero attached hydrogens (tertiary/aromatic N) is 3. The van der Waals surface area contributed by atoms with Gasteiger partial charge in [-0.15, -0.1) is 0 Å². The maximum Gasteiger partial charge on any atom is 0.407 e. The van der Waals surface area contributed by atoms with Crippen LogP contribution in [0.25, 0.3) is 0 Å². The lowest BCUT2D eigenvalue weighted by Crippen LogP contribution is -2.46. The van der Waals surface area contributed by atoms with Gasteiger partial charge in [0.2, 0.25) is 0 Å². The van der Waals surface area contributed by atoms with Gasteiger partial charge in [0.05, 0.1) is 0 Å². The number of aromatic nitrogens is 2. The number of aryl methyl sites for hydroxylation is 1. The van der Waals surface area contributed by atoms with Crippen molar-refractivity contribution in [2.24, 2.45) is 0 Å². The molecular formula is C15H24N4O2. The van der Waals surface area contributed by atoms with Gasteiger partial charge in [-0.3, -0.25) is 0 Å². The first-order valence-corrected chi connectivity index (χ1v) is 7.37. The van der Waals surface area contributed by atoms with Crippen LogP contribution in [-0.4, -0.2) is 40.8 Å². The van der Waals surface area contributed by atoms with Crippen LogP contribution in [0.4, 0.5) is 10.6 Å². The first kappa shape index (κ1) is 15.5. The van der Waals surface area contributed by atoms with Gasteiger partial charge in [-0.1, -0.05) is 0 Å². The molecule has 1 aliphatic rings. The van der Waals surface area contributed by atoms with E-state index in [9.17, 15) is 4.79 Å². The minimum Gasteiger partial charge on any atom is -0.444 e. The number of carbonyl (C=O) groups is 1. The van der Waals surface area contributed by atoms with Gasteiger partial charge in [0.25, 0.3) is 0 Å². The van der Waals surface area contributed by atoms with Gasteiger partial charge >= 0.3 is 6.09 Å². The molecule has 0 aliphatic carbocycles. The second-order valence-corrected chi connectivity index (χ2v) is 6.37. The van der Waals surface area contributed by atoms with E-state index in [1.807, 2.05) is 33.8 Å². The number of piperidine rings is 1. The largest absolute Gasteiger partial charge is 0.444 e. The maximum absolute atomic E-state index is 11.8. The molecule has 0 saturated carbocycles. The number of nitrogens with one attached hydrogen (secondary N) is 1. The maximum atomic E-state index is 11.8. The standard InChI is InChI=1S/C15H24N4O2/c1-11-16-8-5-13(17-11)19-9-6-12(7-10-19)18-14(20)21-15(2,3)4/h5,8,12H,6-7,9-10H2,1-4H3,(H,18,20). The number of alkyl carbamates (subject to hydrolysis) is 1. The van der Waals surface area contributed by atoms with E-state index in [4.69, 9.17) is 4.74 Å². The Bertz CT molecular complexity index is 491. The van der Waals surface area contributed by atoms with Crippen molar-refractivity contribution in [3.63, 3.8) is 0 Å². The lowest BCUT2D eigenvalue weighted by Gasteiger charge is -2.33. The number of amides is 1. The van der Waals surface area contributed by atoms with E-state index < -0.39 is 5.60 Å². The molecule has 116 valence electrons. The summed E-state index contributed by atoms with van der Waals surface area (Å²) in [5.41, 5.74) is -0.455. The average Bonchev–Trinajstić information content (AvgIpc) is 2.37. The summed E-state index contributed by atoms with van der Waals surface area (Å²) in [6.45, 7) is 9.24. The van der Waals surface area contributed by atoms with Crippen LogP contribution < -0.4 is 10.2 Å². The molecule has 1 saturated heterocycles. The van der Waals surface area contributed by atoms with Crippen LogP contribution in [0, 0.1) is 6.92 Å². The van der Waals surface area contributed by atoms with Crippen molar-refractivity contribution in [2.75, 3.05) is 18.0 Å². The van der Waals surface area contributed by atoms with Crippen LogP contribution in [0.3, 0.4) is 0 Å². The molecule has 1 aromatic rings. The molecule has 0 bridgehead atoms. The highest BCUT2D eigenvalue weighted by Gasteiger charge is 2.24. The van der Waals surface area contributed by atoms with Crippen LogP contribution in [0.15, 0.2) is 12.3 Å². The van der Waals surface area contributed by atoms with E-state index in [2.05, 4.69) is 20.2 Å². The normalized spacial score (nSPS) is 16.7. The van der Waals surface area contributed by atoms with Gasteiger partial charge in [-0.2, -0.15) is 0 Å². The van der Waals surface area contributed by atoms with E-state index in [1.54, 1.807) is 6.20 Å². The third-order valence-corrected chi connectivity index (χ3v) is 3.30. The van der Waals surface area contributed by atoms with Crippen molar-refractivity contribution in [3.05, 3.63) is 18.1 Å². The summed E-state index contributed by atoms with van der Waals surface area (Å²) in [5, 5.41) is 2.94. The molecule has 0 atom stereocenters. The predicted octanol–water partition coefficient (Wildman–Crippen LogP) is 2.28. The zero-order valence-electron chi connectivity index (χ0n) is 13.2. The highest BCUT2D eigenvalue weighted by molar-refractivity contribution is 5.68. The number of anilines is 1. The minimum absolute atomic E-state index is 0.166. The zero-order valence-corrected chi connectivity index (χ0v) is 13.2. The topological polar surface area (TPSA) is 67.4 Å². The van der Waals surface area contributed by atoms with Gasteiger partial charge in [-0.25, -0.2) is 14.8 Å². The monoisotopic (exact) mass is 292 g/mol. The number of hydrogen-bond donors (Lipinski definition) is 1. The Morgan fingerprint density at radius 2 is 2.05 bits per heavy atom. The van der Waals surface area contributed by atoms with Crippen LogP contribution in [0.2, 0.25) is 0 Å². The fourth-order valence-corrected chi connectivity index (χ4v) is 2.35. The molecule has 0 spiro atoms. The Balaban J connectivity index is 1.82. The molecule has 1 amide bonds. The summed E-state index contributed by atoms with van der Waals surface area (Å²) >= 11 is 0. The Hall–Kier alpha value is -1.85. The van der Waals surface area contributed by atoms with Crippen LogP contribution >= 0.6 is 0 Å². The highest BCUT2D eigenvalue weighted by Crippen LogP contribution is 2.18. The average molecular weight is 292 g/mol. The molecule has 6 nitrogen and oxygen atoms in total. The molecule has 0 unspecified atom stereocenters. The molecule has 0 radical (unpaired) electrons. The number of ether oxygens (including phenoxy) is 1. The van der Waals surface area contributed by atoms with Gasteiger partial charge in [0.15, 0.2) is 0 Å². The summed E-state index contributed by atoms with van der Waals surface area (Å²) in [6, 6.07) is 2.09. The fraction of sp³-hybridized carbons (Fsp3) is 0.667. The molecular weight excluding hydrogens is 268 g/mol. The van der Waals surface area contributed by atoms with E-state index in [-0.39, 0.29) is 12.1 Å². The predicted molar refractivity (Wildman–Crippen MR) is 81.4 cm³/mol. The number of hydrogen-bond acceptors (Lipinski definition) is 5. The van der Waals surface area contributed by atoms with Crippen molar-refractivity contribution in [2.45, 2.75) is 52.2 Å². The summed E-state index contributed by atoms with van der Waals surface area (Å²) in [6.07, 6.45) is 3.23. The quantitative estimate of drug-likeness (QED) is 0.905. The number of rotatable bonds is 2. The molecule has 21 heavy (non-hydrogen) atoms. The summed E-state index contributed by atoms with van der Waals surface area (Å²) < 4.78 is 5.28. The second kappa shape index (κ2) is 6.28. The molecule has 0 aromatic carbocycles. The molecule has 1 aromatic heterocycles. The Morgan fingerprint density at radius 3 is 2.62 bits per heavy atom. The van der Waals surface area contributed by atoms with Crippen LogP contribution in [-0.2, 0) is 4.74 Å². The van der Waals surface area contributed by atoms with E-state index in [1.165, 1.54) is 0 Å². The zero-order chi connectivity index (χ0) is 15.5. The summed E-state index contributed by atoms with van der Waals surface area (Å²) in [4.78, 5) is 22.5. The molecule has 2 heterocycles. The Kier molecular flexibility index (Phi) is 4.65. The molecule has 2 rings (SSSR count). The molecule has 1 N–H and O–H groups in total. The lowest BCUT2D eigenvalue weighted by atomic mass is 10.1. The molecule has 1 fully saturated rings. The SMILES string of the molecule is Cc1nccc(N2CCC(NC(=O)OC(C)(C)C)CC2)n1. The Morgan fingerprint density at radius 1 is 1.38 bits per heavy atom. The van der Waals surface area contributed by atoms with Crippen molar-refractivity contribution >= 4 is 11.9 Å². The third kappa shape index (κ3) is 4.88. The minimum atomic E-state index is -0.455. The first-order valence-electron chi connectivity index (χ1n) is 7.37. The van der Waals surface area contributed by atoms with E-state index in [0.29, 0.717) is 0 Å². The highest BCUT2D eigenvalue weighted by atomic mass is 16.6. The van der Waals surface area contributed by atoms with Crippen LogP contribution in [0.1, 0.15) is 39.4 Å². The van der Waals surface area contributed by atoms with Gasteiger partial charge in [0.1, 0.15) is 17.2 Å². The smallest absolute Gasteiger partial charge is 0.407 e. The van der Waals surface area contributed by atoms with Crippen molar-refractivity contribution in [3.8, 4) is 0 Å². The fourth-order valence-electron chi connectivity index (χ4n) is 2.35. The van der Waals surface area contributed by atoms with E-state index >= 15 is 0 Å². The van der Waals surface area contributed by atoms with Crippen molar-refractivity contribution < 1.29 is 9.53 Å². The van der Waals surface area contributed by atoms with Gasteiger partial charge in [-0.05, 0) is 46.6 Å². The van der Waals surface area contributed by atoms with E-state index in [0.717, 1.165) is 37.6 Å². The lowest BCUT2D eigenvalue weighted by molar-refractivity contribution is 0.0497. The van der Waals surface area contributed by atoms with Gasteiger partial charge < -0.3 is 15.0 Å². The molecule has 6 heteroatoms. The number of carbonyl (C=O) groups excluding carboxylic acids is 1. The second-order valence-electron chi connectivity index (χ2n) is 6.37. The van der Waals surface area contributed by atoms with Crippen molar-refractivity contribution in [1.82, 2.24) is 15.3 Å². The van der Waals surface area contributed by atoms with Crippen molar-refractivity contribution in [1.29, 1.82) is 0 Å². The summed E-state index contributed by atoms with van der Waals surface area (Å²) in [7, 11) is 0. The van der Waals surface area contributed by atoms with Gasteiger partial charge in [0, 0.05) is 25.3 Å². The van der Waals surface area contributed by atoms with Crippen LogP contribution in [0.5, 0.6) is 0 Å².